The quantitative estimate of drug-likeness (QED) is 0.240. The first-order chi connectivity index (χ1) is 10.4. The van der Waals surface area contributed by atoms with E-state index in [4.69, 9.17) is 18.0 Å². The highest BCUT2D eigenvalue weighted by molar-refractivity contribution is 6.73. The maximum Gasteiger partial charge on any atom is 0.332 e. The van der Waals surface area contributed by atoms with E-state index in [1.54, 1.807) is 6.92 Å². The fraction of sp³-hybridized carbons (Fsp3) is 0.800. The molecule has 0 bridgehead atoms. The number of hydrogen-bond donors (Lipinski definition) is 0. The Bertz CT molecular complexity index is 405. The van der Waals surface area contributed by atoms with Crippen molar-refractivity contribution in [3.8, 4) is 0 Å². The van der Waals surface area contributed by atoms with Gasteiger partial charge in [-0.2, -0.15) is 0 Å². The van der Waals surface area contributed by atoms with Crippen LogP contribution in [0.15, 0.2) is 12.2 Å². The van der Waals surface area contributed by atoms with E-state index in [1.165, 1.54) is 0 Å². The Balaban J connectivity index is 5.46. The minimum atomic E-state index is -1.92. The molecule has 0 aromatic rings. The van der Waals surface area contributed by atoms with Crippen LogP contribution in [0.5, 0.6) is 0 Å². The Morgan fingerprint density at radius 1 is 0.875 bits per heavy atom. The van der Waals surface area contributed by atoms with E-state index in [0.29, 0.717) is 11.8 Å². The van der Waals surface area contributed by atoms with Gasteiger partial charge in [-0.15, -0.1) is 0 Å². The van der Waals surface area contributed by atoms with Crippen LogP contribution in [-0.2, 0) is 22.8 Å². The molecule has 0 unspecified atom stereocenters. The van der Waals surface area contributed by atoms with Crippen LogP contribution in [0.25, 0.3) is 0 Å². The van der Waals surface area contributed by atoms with Crippen molar-refractivity contribution in [2.75, 3.05) is 6.23 Å². The summed E-state index contributed by atoms with van der Waals surface area (Å²) in [5.74, 6) is -0.370. The zero-order valence-corrected chi connectivity index (χ0v) is 21.6. The number of ether oxygens (including phenoxy) is 1. The molecular weight excluding hydrogens is 373 g/mol. The van der Waals surface area contributed by atoms with Gasteiger partial charge >= 0.3 is 5.97 Å². The number of esters is 1. The lowest BCUT2D eigenvalue weighted by atomic mass is 10.4. The molecule has 0 amide bonds. The number of hydrogen-bond acceptors (Lipinski definition) is 5. The Labute approximate surface area is 153 Å². The Morgan fingerprint density at radius 2 is 1.21 bits per heavy atom. The van der Waals surface area contributed by atoms with Crippen LogP contribution >= 0.6 is 0 Å². The van der Waals surface area contributed by atoms with Crippen molar-refractivity contribution in [3.05, 3.63) is 12.2 Å². The summed E-state index contributed by atoms with van der Waals surface area (Å²) in [7, 11) is -6.90. The van der Waals surface area contributed by atoms with Crippen molar-refractivity contribution in [1.29, 1.82) is 0 Å². The second-order valence-electron chi connectivity index (χ2n) is 8.99. The van der Waals surface area contributed by atoms with Crippen molar-refractivity contribution in [3.63, 3.8) is 0 Å². The molecule has 0 N–H and O–H groups in total. The van der Waals surface area contributed by atoms with E-state index >= 15 is 0 Å². The molecule has 24 heavy (non-hydrogen) atoms. The first-order valence-electron chi connectivity index (χ1n) is 8.38. The summed E-state index contributed by atoms with van der Waals surface area (Å²) in [4.78, 5) is 11.7. The molecular formula is C15H36O5Si4. The molecule has 0 aromatic heterocycles. The minimum absolute atomic E-state index is 0.311. The van der Waals surface area contributed by atoms with Gasteiger partial charge in [0.05, 0.1) is 6.23 Å². The third-order valence-electron chi connectivity index (χ3n) is 2.37. The predicted molar refractivity (Wildman–Crippen MR) is 110 cm³/mol. The Kier molecular flexibility index (Phi) is 8.55. The lowest BCUT2D eigenvalue weighted by Gasteiger charge is -2.45. The van der Waals surface area contributed by atoms with Gasteiger partial charge in [0.1, 0.15) is 0 Å². The molecule has 0 heterocycles. The molecule has 0 fully saturated rings. The zero-order chi connectivity index (χ0) is 19.4. The van der Waals surface area contributed by atoms with E-state index in [9.17, 15) is 4.79 Å². The third kappa shape index (κ3) is 11.5. The largest absolute Gasteiger partial charge is 0.466 e. The lowest BCUT2D eigenvalue weighted by Crippen LogP contribution is -2.60. The summed E-state index contributed by atoms with van der Waals surface area (Å²) in [6, 6.07) is 0. The molecule has 0 rings (SSSR count). The fourth-order valence-electron chi connectivity index (χ4n) is 2.01. The average Bonchev–Trinajstić information content (AvgIpc) is 2.20. The number of carbonyl (C=O) groups excluding carboxylic acids is 1. The average molecular weight is 409 g/mol. The highest BCUT2D eigenvalue weighted by Gasteiger charge is 2.44. The highest BCUT2D eigenvalue weighted by atomic mass is 28.4. The molecule has 142 valence electrons. The Morgan fingerprint density at radius 3 is 1.46 bits per heavy atom. The van der Waals surface area contributed by atoms with Crippen LogP contribution in [0.1, 0.15) is 6.92 Å². The molecule has 0 saturated heterocycles. The molecule has 9 heteroatoms. The van der Waals surface area contributed by atoms with Crippen LogP contribution in [0.4, 0.5) is 0 Å². The molecule has 0 aliphatic rings. The lowest BCUT2D eigenvalue weighted by molar-refractivity contribution is -0.205. The van der Waals surface area contributed by atoms with Crippen molar-refractivity contribution in [2.45, 2.75) is 71.4 Å². The summed E-state index contributed by atoms with van der Waals surface area (Å²) >= 11 is 0. The van der Waals surface area contributed by atoms with Crippen LogP contribution in [0.2, 0.25) is 58.9 Å². The highest BCUT2D eigenvalue weighted by Crippen LogP contribution is 2.28. The van der Waals surface area contributed by atoms with Gasteiger partial charge in [0.25, 0.3) is 0 Å². The molecule has 0 spiro atoms. The summed E-state index contributed by atoms with van der Waals surface area (Å²) < 4.78 is 24.6. The van der Waals surface area contributed by atoms with Gasteiger partial charge in [-0.25, -0.2) is 4.79 Å². The van der Waals surface area contributed by atoms with Crippen molar-refractivity contribution < 1.29 is 22.8 Å². The van der Waals surface area contributed by atoms with Crippen molar-refractivity contribution in [2.24, 2.45) is 0 Å². The minimum Gasteiger partial charge on any atom is -0.466 e. The van der Waals surface area contributed by atoms with E-state index in [1.807, 2.05) is 0 Å². The van der Waals surface area contributed by atoms with Crippen LogP contribution in [-0.4, -0.2) is 52.3 Å². The summed E-state index contributed by atoms with van der Waals surface area (Å²) in [6.45, 7) is 24.4. The van der Waals surface area contributed by atoms with Crippen molar-refractivity contribution >= 4 is 40.4 Å². The normalized spacial score (nSPS) is 14.2. The summed E-state index contributed by atoms with van der Waals surface area (Å²) in [5, 5.41) is 0. The molecule has 5 nitrogen and oxygen atoms in total. The Hall–Kier alpha value is -0.0425. The maximum atomic E-state index is 11.7. The standard InChI is InChI=1S/C15H36O5Si4/c1-13(2)14(16)17-12-21-15(18-22(3,4)5,19-23(6,7)8)20-24(9,10)11/h1,12,21H2,2-11H3. The first kappa shape index (κ1) is 24.0. The molecule has 0 aromatic carbocycles. The van der Waals surface area contributed by atoms with Gasteiger partial charge in [-0.05, 0) is 65.8 Å². The second-order valence-corrected chi connectivity index (χ2v) is 24.1. The number of carbonyl (C=O) groups is 1. The summed E-state index contributed by atoms with van der Waals surface area (Å²) in [5.41, 5.74) is -0.604. The molecule has 0 aliphatic heterocycles. The molecule has 0 atom stereocenters. The fourth-order valence-corrected chi connectivity index (χ4v) is 11.0. The maximum absolute atomic E-state index is 11.7. The van der Waals surface area contributed by atoms with E-state index in [-0.39, 0.29) is 5.97 Å². The van der Waals surface area contributed by atoms with Gasteiger partial charge in [-0.3, -0.25) is 0 Å². The van der Waals surface area contributed by atoms with Gasteiger partial charge < -0.3 is 18.0 Å². The number of rotatable bonds is 10. The summed E-state index contributed by atoms with van der Waals surface area (Å²) in [6.07, 6.45) is 0.311. The van der Waals surface area contributed by atoms with Crippen LogP contribution in [0, 0.1) is 0 Å². The predicted octanol–water partition coefficient (Wildman–Crippen LogP) is 3.40. The van der Waals surface area contributed by atoms with Gasteiger partial charge in [-0.1, -0.05) is 6.58 Å². The van der Waals surface area contributed by atoms with E-state index in [2.05, 4.69) is 65.5 Å². The van der Waals surface area contributed by atoms with Gasteiger partial charge in [0.2, 0.25) is 5.60 Å². The topological polar surface area (TPSA) is 54.0 Å². The van der Waals surface area contributed by atoms with E-state index < -0.39 is 40.1 Å². The molecule has 0 aliphatic carbocycles. The van der Waals surface area contributed by atoms with E-state index in [0.717, 1.165) is 0 Å². The monoisotopic (exact) mass is 408 g/mol. The molecule has 0 radical (unpaired) electrons. The first-order valence-corrected chi connectivity index (χ1v) is 20.3. The second kappa shape index (κ2) is 8.56. The van der Waals surface area contributed by atoms with Gasteiger partial charge in [0, 0.05) is 5.57 Å². The van der Waals surface area contributed by atoms with Crippen LogP contribution in [0.3, 0.4) is 0 Å². The smallest absolute Gasteiger partial charge is 0.332 e. The third-order valence-corrected chi connectivity index (χ3v) is 7.46. The van der Waals surface area contributed by atoms with Gasteiger partial charge in [0.15, 0.2) is 34.5 Å². The SMILES string of the molecule is C=C(C)C(=O)OC[SiH2]C(O[Si](C)(C)C)(O[Si](C)(C)C)O[Si](C)(C)C. The van der Waals surface area contributed by atoms with Crippen molar-refractivity contribution in [1.82, 2.24) is 0 Å². The van der Waals surface area contributed by atoms with Crippen LogP contribution < -0.4 is 0 Å². The zero-order valence-electron chi connectivity index (χ0n) is 17.2. The molecule has 0 saturated carbocycles.